The molecule has 0 aromatic carbocycles. The minimum atomic E-state index is -3.51. The molecule has 0 aliphatic heterocycles. The molecule has 1 aliphatic carbocycles. The zero-order valence-electron chi connectivity index (χ0n) is 11.6. The summed E-state index contributed by atoms with van der Waals surface area (Å²) in [5.41, 5.74) is -0.492. The van der Waals surface area contributed by atoms with Gasteiger partial charge in [-0.1, -0.05) is 6.92 Å². The zero-order chi connectivity index (χ0) is 15.0. The van der Waals surface area contributed by atoms with E-state index in [9.17, 15) is 8.42 Å². The number of aryl methyl sites for hydroxylation is 1. The standard InChI is InChI=1S/C13H19BrClNO2S2/c1-9-3-5-13(8-15,6-4-9)16-20(17,18)11-7-12(14)19-10(11)2/h7,9,16H,3-6,8H2,1-2H3. The Morgan fingerprint density at radius 1 is 1.50 bits per heavy atom. The number of thiophene rings is 1. The van der Waals surface area contributed by atoms with Crippen molar-refractivity contribution < 1.29 is 8.42 Å². The summed E-state index contributed by atoms with van der Waals surface area (Å²) in [6.07, 6.45) is 3.64. The maximum Gasteiger partial charge on any atom is 0.242 e. The van der Waals surface area contributed by atoms with Gasteiger partial charge in [-0.15, -0.1) is 22.9 Å². The van der Waals surface area contributed by atoms with Gasteiger partial charge in [-0.2, -0.15) is 0 Å². The van der Waals surface area contributed by atoms with E-state index in [-0.39, 0.29) is 0 Å². The van der Waals surface area contributed by atoms with Crippen molar-refractivity contribution in [1.82, 2.24) is 4.72 Å². The zero-order valence-corrected chi connectivity index (χ0v) is 15.6. The SMILES string of the molecule is Cc1sc(Br)cc1S(=O)(=O)NC1(CCl)CCC(C)CC1. The minimum absolute atomic E-state index is 0.323. The number of hydrogen-bond donors (Lipinski definition) is 1. The van der Waals surface area contributed by atoms with Crippen molar-refractivity contribution >= 4 is 48.9 Å². The maximum atomic E-state index is 12.6. The number of nitrogens with one attached hydrogen (secondary N) is 1. The van der Waals surface area contributed by atoms with Crippen molar-refractivity contribution in [3.8, 4) is 0 Å². The highest BCUT2D eigenvalue weighted by Gasteiger charge is 2.38. The van der Waals surface area contributed by atoms with E-state index in [1.807, 2.05) is 6.92 Å². The van der Waals surface area contributed by atoms with E-state index in [1.54, 1.807) is 6.07 Å². The fourth-order valence-electron chi connectivity index (χ4n) is 2.62. The summed E-state index contributed by atoms with van der Waals surface area (Å²) in [5, 5.41) is 0. The summed E-state index contributed by atoms with van der Waals surface area (Å²) >= 11 is 10.9. The second kappa shape index (κ2) is 6.24. The largest absolute Gasteiger partial charge is 0.242 e. The average molecular weight is 401 g/mol. The van der Waals surface area contributed by atoms with Crippen LogP contribution >= 0.6 is 38.9 Å². The highest BCUT2D eigenvalue weighted by atomic mass is 79.9. The van der Waals surface area contributed by atoms with Crippen LogP contribution in [0.3, 0.4) is 0 Å². The molecule has 1 aromatic rings. The third-order valence-electron chi connectivity index (χ3n) is 3.97. The molecular formula is C13H19BrClNO2S2. The Morgan fingerprint density at radius 2 is 2.10 bits per heavy atom. The van der Waals surface area contributed by atoms with Crippen LogP contribution < -0.4 is 4.72 Å². The van der Waals surface area contributed by atoms with E-state index in [2.05, 4.69) is 27.6 Å². The van der Waals surface area contributed by atoms with Crippen molar-refractivity contribution in [1.29, 1.82) is 0 Å². The van der Waals surface area contributed by atoms with Gasteiger partial charge in [0.25, 0.3) is 0 Å². The normalized spacial score (nSPS) is 27.7. The Hall–Kier alpha value is 0.380. The van der Waals surface area contributed by atoms with Gasteiger partial charge in [0.05, 0.1) is 8.68 Å². The number of sulfonamides is 1. The highest BCUT2D eigenvalue weighted by molar-refractivity contribution is 9.11. The first kappa shape index (κ1) is 16.7. The number of halogens is 2. The third kappa shape index (κ3) is 3.58. The van der Waals surface area contributed by atoms with Crippen LogP contribution in [-0.4, -0.2) is 19.8 Å². The molecule has 0 saturated heterocycles. The molecule has 1 aliphatic rings. The summed E-state index contributed by atoms with van der Waals surface area (Å²) in [4.78, 5) is 1.15. The monoisotopic (exact) mass is 399 g/mol. The first-order valence-corrected chi connectivity index (χ1v) is 10.3. The molecule has 1 fully saturated rings. The molecule has 20 heavy (non-hydrogen) atoms. The van der Waals surface area contributed by atoms with Crippen molar-refractivity contribution in [2.45, 2.75) is 50.0 Å². The van der Waals surface area contributed by atoms with Gasteiger partial charge in [-0.05, 0) is 60.5 Å². The summed E-state index contributed by atoms with van der Waals surface area (Å²) < 4.78 is 28.9. The topological polar surface area (TPSA) is 46.2 Å². The Bertz CT molecular complexity index is 577. The molecule has 0 spiro atoms. The number of hydrogen-bond acceptors (Lipinski definition) is 3. The van der Waals surface area contributed by atoms with Crippen LogP contribution in [0.15, 0.2) is 14.7 Å². The molecule has 1 N–H and O–H groups in total. The van der Waals surface area contributed by atoms with Gasteiger partial charge >= 0.3 is 0 Å². The average Bonchev–Trinajstić information content (AvgIpc) is 2.72. The predicted molar refractivity (Wildman–Crippen MR) is 88.2 cm³/mol. The summed E-state index contributed by atoms with van der Waals surface area (Å²) in [6.45, 7) is 4.02. The van der Waals surface area contributed by atoms with Crippen molar-refractivity contribution in [2.75, 3.05) is 5.88 Å². The molecule has 0 unspecified atom stereocenters. The van der Waals surface area contributed by atoms with Gasteiger partial charge in [-0.3, -0.25) is 0 Å². The van der Waals surface area contributed by atoms with Crippen LogP contribution in [0.25, 0.3) is 0 Å². The van der Waals surface area contributed by atoms with E-state index in [0.29, 0.717) is 16.7 Å². The quantitative estimate of drug-likeness (QED) is 0.767. The van der Waals surface area contributed by atoms with E-state index >= 15 is 0 Å². The highest BCUT2D eigenvalue weighted by Crippen LogP contribution is 2.36. The van der Waals surface area contributed by atoms with Crippen molar-refractivity contribution in [3.05, 3.63) is 14.7 Å². The van der Waals surface area contributed by atoms with Crippen LogP contribution in [0.1, 0.15) is 37.5 Å². The molecule has 114 valence electrons. The van der Waals surface area contributed by atoms with E-state index in [1.165, 1.54) is 11.3 Å². The van der Waals surface area contributed by atoms with Gasteiger partial charge in [0.2, 0.25) is 10.0 Å². The lowest BCUT2D eigenvalue weighted by Crippen LogP contribution is -2.51. The summed E-state index contributed by atoms with van der Waals surface area (Å²) in [5.74, 6) is 0.969. The molecule has 7 heteroatoms. The van der Waals surface area contributed by atoms with Crippen LogP contribution in [0.5, 0.6) is 0 Å². The Morgan fingerprint density at radius 3 is 2.55 bits per heavy atom. The lowest BCUT2D eigenvalue weighted by Gasteiger charge is -2.38. The lowest BCUT2D eigenvalue weighted by atomic mass is 9.79. The molecular weight excluding hydrogens is 382 g/mol. The fraction of sp³-hybridized carbons (Fsp3) is 0.692. The van der Waals surface area contributed by atoms with Crippen molar-refractivity contribution in [3.63, 3.8) is 0 Å². The van der Waals surface area contributed by atoms with Gasteiger partial charge < -0.3 is 0 Å². The predicted octanol–water partition coefficient (Wildman–Crippen LogP) is 4.29. The Kier molecular flexibility index (Phi) is 5.23. The van der Waals surface area contributed by atoms with E-state index in [4.69, 9.17) is 11.6 Å². The van der Waals surface area contributed by atoms with Gasteiger partial charge in [0, 0.05) is 16.3 Å². The van der Waals surface area contributed by atoms with Crippen molar-refractivity contribution in [2.24, 2.45) is 5.92 Å². The second-order valence-electron chi connectivity index (χ2n) is 5.67. The molecule has 3 nitrogen and oxygen atoms in total. The summed E-state index contributed by atoms with van der Waals surface area (Å²) in [7, 11) is -3.51. The molecule has 0 radical (unpaired) electrons. The van der Waals surface area contributed by atoms with E-state index in [0.717, 1.165) is 34.3 Å². The van der Waals surface area contributed by atoms with Crippen LogP contribution in [0.4, 0.5) is 0 Å². The molecule has 1 heterocycles. The van der Waals surface area contributed by atoms with Gasteiger partial charge in [0.1, 0.15) is 0 Å². The molecule has 0 atom stereocenters. The van der Waals surface area contributed by atoms with Gasteiger partial charge in [0.15, 0.2) is 0 Å². The van der Waals surface area contributed by atoms with Crippen LogP contribution in [0, 0.1) is 12.8 Å². The second-order valence-corrected chi connectivity index (χ2v) is 10.2. The summed E-state index contributed by atoms with van der Waals surface area (Å²) in [6, 6.07) is 1.66. The van der Waals surface area contributed by atoms with E-state index < -0.39 is 15.6 Å². The Balaban J connectivity index is 2.24. The Labute approximate surface area is 138 Å². The van der Waals surface area contributed by atoms with Crippen LogP contribution in [-0.2, 0) is 10.0 Å². The molecule has 0 amide bonds. The molecule has 1 saturated carbocycles. The third-order valence-corrected chi connectivity index (χ3v) is 7.87. The van der Waals surface area contributed by atoms with Crippen LogP contribution in [0.2, 0.25) is 0 Å². The first-order valence-electron chi connectivity index (χ1n) is 6.64. The molecule has 0 bridgehead atoms. The smallest absolute Gasteiger partial charge is 0.207 e. The fourth-order valence-corrected chi connectivity index (χ4v) is 6.90. The first-order chi connectivity index (χ1) is 9.28. The molecule has 2 rings (SSSR count). The maximum absolute atomic E-state index is 12.6. The number of rotatable bonds is 4. The lowest BCUT2D eigenvalue weighted by molar-refractivity contribution is 0.247. The van der Waals surface area contributed by atoms with Gasteiger partial charge in [-0.25, -0.2) is 13.1 Å². The minimum Gasteiger partial charge on any atom is -0.207 e. The number of alkyl halides is 1. The molecule has 1 aromatic heterocycles.